The molecule has 1 aliphatic carbocycles. The maximum Gasteiger partial charge on any atom is 0.0824 e. The van der Waals surface area contributed by atoms with E-state index in [0.717, 1.165) is 11.6 Å². The molecule has 0 spiro atoms. The van der Waals surface area contributed by atoms with Crippen molar-refractivity contribution < 1.29 is 0 Å². The monoisotopic (exact) mass is 239 g/mol. The lowest BCUT2D eigenvalue weighted by molar-refractivity contribution is 0.170. The van der Waals surface area contributed by atoms with Crippen molar-refractivity contribution in [3.8, 4) is 0 Å². The lowest BCUT2D eigenvalue weighted by Crippen LogP contribution is -2.51. The minimum Gasteiger partial charge on any atom is -0.313 e. The van der Waals surface area contributed by atoms with E-state index < -0.39 is 0 Å². The lowest BCUT2D eigenvalue weighted by atomic mass is 9.61. The van der Waals surface area contributed by atoms with Crippen LogP contribution in [-0.2, 0) is 12.5 Å². The molecule has 2 heterocycles. The minimum atomic E-state index is 0.263. The summed E-state index contributed by atoms with van der Waals surface area (Å²) in [5.41, 5.74) is 1.51. The molecule has 3 nitrogen and oxygen atoms in total. The summed E-state index contributed by atoms with van der Waals surface area (Å²) < 4.78 is 1.97. The van der Waals surface area contributed by atoms with Crippen molar-refractivity contribution in [2.75, 3.05) is 6.54 Å². The summed E-state index contributed by atoms with van der Waals surface area (Å²) in [7, 11) is 2.01. The highest BCUT2D eigenvalue weighted by Gasteiger charge is 2.49. The van der Waals surface area contributed by atoms with Gasteiger partial charge in [-0.3, -0.25) is 4.68 Å². The van der Waals surface area contributed by atoms with Crippen LogP contribution in [0.2, 0.25) is 5.02 Å². The number of aromatic nitrogens is 2. The number of rotatable bonds is 2. The van der Waals surface area contributed by atoms with Gasteiger partial charge in [-0.05, 0) is 32.2 Å². The van der Waals surface area contributed by atoms with E-state index in [-0.39, 0.29) is 5.41 Å². The van der Waals surface area contributed by atoms with Crippen molar-refractivity contribution in [1.82, 2.24) is 15.1 Å². The Morgan fingerprint density at radius 2 is 2.31 bits per heavy atom. The van der Waals surface area contributed by atoms with Crippen molar-refractivity contribution in [3.63, 3.8) is 0 Å². The molecule has 1 saturated carbocycles. The van der Waals surface area contributed by atoms with Crippen molar-refractivity contribution in [1.29, 1.82) is 0 Å². The fourth-order valence-electron chi connectivity index (χ4n) is 3.43. The van der Waals surface area contributed by atoms with E-state index >= 15 is 0 Å². The van der Waals surface area contributed by atoms with Gasteiger partial charge in [0, 0.05) is 18.5 Å². The molecular formula is C12H18ClN3. The zero-order chi connectivity index (χ0) is 11.2. The number of hydrogen-bond donors (Lipinski definition) is 1. The van der Waals surface area contributed by atoms with Gasteiger partial charge in [0.05, 0.1) is 16.9 Å². The highest BCUT2D eigenvalue weighted by molar-refractivity contribution is 6.31. The SMILES string of the molecule is Cn1ncc(Cl)c1C1(C2CCCN2)CCC1. The molecule has 1 unspecified atom stereocenters. The van der Waals surface area contributed by atoms with Crippen molar-refractivity contribution in [2.45, 2.75) is 43.6 Å². The Morgan fingerprint density at radius 1 is 1.50 bits per heavy atom. The molecule has 2 fully saturated rings. The number of nitrogens with zero attached hydrogens (tertiary/aromatic N) is 2. The van der Waals surface area contributed by atoms with Gasteiger partial charge >= 0.3 is 0 Å². The van der Waals surface area contributed by atoms with Crippen LogP contribution in [0.15, 0.2) is 6.20 Å². The molecular weight excluding hydrogens is 222 g/mol. The van der Waals surface area contributed by atoms with Crippen LogP contribution in [0.4, 0.5) is 0 Å². The Kier molecular flexibility index (Phi) is 2.48. The van der Waals surface area contributed by atoms with Gasteiger partial charge in [-0.25, -0.2) is 0 Å². The fraction of sp³-hybridized carbons (Fsp3) is 0.750. The first-order chi connectivity index (χ1) is 7.74. The average molecular weight is 240 g/mol. The highest BCUT2D eigenvalue weighted by atomic mass is 35.5. The van der Waals surface area contributed by atoms with Crippen molar-refractivity contribution >= 4 is 11.6 Å². The molecule has 1 aliphatic heterocycles. The van der Waals surface area contributed by atoms with Crippen LogP contribution in [0.1, 0.15) is 37.8 Å². The molecule has 1 saturated heterocycles. The smallest absolute Gasteiger partial charge is 0.0824 e. The van der Waals surface area contributed by atoms with E-state index in [1.807, 2.05) is 11.7 Å². The molecule has 2 aliphatic rings. The summed E-state index contributed by atoms with van der Waals surface area (Å²) >= 11 is 6.31. The van der Waals surface area contributed by atoms with Crippen molar-refractivity contribution in [3.05, 3.63) is 16.9 Å². The predicted octanol–water partition coefficient (Wildman–Crippen LogP) is 2.25. The summed E-state index contributed by atoms with van der Waals surface area (Å²) in [6.07, 6.45) is 8.18. The second-order valence-corrected chi connectivity index (χ2v) is 5.53. The van der Waals surface area contributed by atoms with Gasteiger partial charge < -0.3 is 5.32 Å². The highest BCUT2D eigenvalue weighted by Crippen LogP contribution is 2.50. The molecule has 1 atom stereocenters. The van der Waals surface area contributed by atoms with Crippen LogP contribution in [-0.4, -0.2) is 22.4 Å². The Hall–Kier alpha value is -0.540. The largest absolute Gasteiger partial charge is 0.313 e. The molecule has 3 rings (SSSR count). The van der Waals surface area contributed by atoms with E-state index in [1.165, 1.54) is 37.8 Å². The standard InChI is InChI=1S/C12H18ClN3/c1-16-11(9(13)8-15-16)12(5-3-6-12)10-4-2-7-14-10/h8,10,14H,2-7H2,1H3. The second-order valence-electron chi connectivity index (χ2n) is 5.12. The number of nitrogens with one attached hydrogen (secondary N) is 1. The van der Waals surface area contributed by atoms with Crippen LogP contribution in [0, 0.1) is 0 Å². The van der Waals surface area contributed by atoms with Crippen molar-refractivity contribution in [2.24, 2.45) is 7.05 Å². The third kappa shape index (κ3) is 1.34. The topological polar surface area (TPSA) is 29.9 Å². The molecule has 88 valence electrons. The van der Waals surface area contributed by atoms with E-state index in [2.05, 4.69) is 10.4 Å². The first kappa shape index (κ1) is 10.6. The van der Waals surface area contributed by atoms with E-state index in [4.69, 9.17) is 11.6 Å². The van der Waals surface area contributed by atoms with Gasteiger partial charge in [0.25, 0.3) is 0 Å². The van der Waals surface area contributed by atoms with Gasteiger partial charge in [0.2, 0.25) is 0 Å². The van der Waals surface area contributed by atoms with Crippen LogP contribution in [0.5, 0.6) is 0 Å². The number of halogens is 1. The lowest BCUT2D eigenvalue weighted by Gasteiger charge is -2.46. The maximum absolute atomic E-state index is 6.31. The minimum absolute atomic E-state index is 0.263. The fourth-order valence-corrected chi connectivity index (χ4v) is 3.79. The van der Waals surface area contributed by atoms with Gasteiger partial charge in [0.15, 0.2) is 0 Å². The molecule has 4 heteroatoms. The third-order valence-corrected chi connectivity index (χ3v) is 4.62. The zero-order valence-corrected chi connectivity index (χ0v) is 10.4. The second kappa shape index (κ2) is 3.74. The number of hydrogen-bond acceptors (Lipinski definition) is 2. The summed E-state index contributed by atoms with van der Waals surface area (Å²) in [5, 5.41) is 8.78. The molecule has 0 radical (unpaired) electrons. The molecule has 0 bridgehead atoms. The Morgan fingerprint density at radius 3 is 2.75 bits per heavy atom. The average Bonchev–Trinajstić information content (AvgIpc) is 2.81. The predicted molar refractivity (Wildman–Crippen MR) is 64.8 cm³/mol. The summed E-state index contributed by atoms with van der Waals surface area (Å²) in [4.78, 5) is 0. The normalized spacial score (nSPS) is 28.0. The Bertz CT molecular complexity index is 369. The molecule has 1 N–H and O–H groups in total. The van der Waals surface area contributed by atoms with Crippen LogP contribution < -0.4 is 5.32 Å². The number of aryl methyl sites for hydroxylation is 1. The van der Waals surface area contributed by atoms with E-state index in [9.17, 15) is 0 Å². The van der Waals surface area contributed by atoms with Gasteiger partial charge in [0.1, 0.15) is 0 Å². The molecule has 0 aromatic carbocycles. The zero-order valence-electron chi connectivity index (χ0n) is 9.67. The molecule has 1 aromatic rings. The third-order valence-electron chi connectivity index (χ3n) is 4.34. The maximum atomic E-state index is 6.31. The molecule has 1 aromatic heterocycles. The quantitative estimate of drug-likeness (QED) is 0.858. The molecule has 0 amide bonds. The first-order valence-corrected chi connectivity index (χ1v) is 6.53. The van der Waals surface area contributed by atoms with Gasteiger partial charge in [-0.15, -0.1) is 0 Å². The Balaban J connectivity index is 2.01. The van der Waals surface area contributed by atoms with Crippen LogP contribution >= 0.6 is 11.6 Å². The summed E-state index contributed by atoms with van der Waals surface area (Å²) in [6, 6.07) is 0.606. The molecule has 16 heavy (non-hydrogen) atoms. The summed E-state index contributed by atoms with van der Waals surface area (Å²) in [6.45, 7) is 1.15. The van der Waals surface area contributed by atoms with E-state index in [1.54, 1.807) is 6.20 Å². The summed E-state index contributed by atoms with van der Waals surface area (Å²) in [5.74, 6) is 0. The van der Waals surface area contributed by atoms with Gasteiger partial charge in [-0.2, -0.15) is 5.10 Å². The van der Waals surface area contributed by atoms with Crippen LogP contribution in [0.3, 0.4) is 0 Å². The van der Waals surface area contributed by atoms with Crippen LogP contribution in [0.25, 0.3) is 0 Å². The Labute approximate surface area is 101 Å². The van der Waals surface area contributed by atoms with E-state index in [0.29, 0.717) is 6.04 Å². The van der Waals surface area contributed by atoms with Gasteiger partial charge in [-0.1, -0.05) is 18.0 Å². The first-order valence-electron chi connectivity index (χ1n) is 6.15.